The number of halogens is 3. The molecule has 0 aliphatic rings. The molecular formula is C16H15Cl3O4. The van der Waals surface area contributed by atoms with Crippen molar-refractivity contribution in [2.45, 2.75) is 16.2 Å². The lowest BCUT2D eigenvalue weighted by Crippen LogP contribution is -2.18. The SMILES string of the molecule is COc1ccc(C(c2ccc(OC(O)O)cc2)C(Cl)(Cl)Cl)cc1. The molecule has 0 fully saturated rings. The van der Waals surface area contributed by atoms with Gasteiger partial charge in [-0.25, -0.2) is 0 Å². The number of hydrogen-bond donors (Lipinski definition) is 2. The van der Waals surface area contributed by atoms with Gasteiger partial charge in [-0.15, -0.1) is 0 Å². The van der Waals surface area contributed by atoms with E-state index in [0.29, 0.717) is 11.5 Å². The number of benzene rings is 2. The molecule has 1 unspecified atom stereocenters. The monoisotopic (exact) mass is 376 g/mol. The predicted octanol–water partition coefficient (Wildman–Crippen LogP) is 3.84. The van der Waals surface area contributed by atoms with E-state index in [2.05, 4.69) is 0 Å². The average molecular weight is 378 g/mol. The molecule has 4 nitrogen and oxygen atoms in total. The van der Waals surface area contributed by atoms with E-state index in [1.54, 1.807) is 43.5 Å². The Labute approximate surface area is 149 Å². The molecule has 0 spiro atoms. The molecule has 23 heavy (non-hydrogen) atoms. The molecule has 0 radical (unpaired) electrons. The molecular weight excluding hydrogens is 363 g/mol. The zero-order chi connectivity index (χ0) is 17.0. The van der Waals surface area contributed by atoms with E-state index in [0.717, 1.165) is 11.1 Å². The minimum atomic E-state index is -1.88. The molecule has 0 aliphatic carbocycles. The molecule has 2 N–H and O–H groups in total. The first-order chi connectivity index (χ1) is 10.8. The molecule has 1 atom stereocenters. The second-order valence-electron chi connectivity index (χ2n) is 4.76. The smallest absolute Gasteiger partial charge is 0.310 e. The van der Waals surface area contributed by atoms with Crippen LogP contribution in [0.2, 0.25) is 0 Å². The van der Waals surface area contributed by atoms with Crippen LogP contribution in [0.15, 0.2) is 48.5 Å². The quantitative estimate of drug-likeness (QED) is 0.614. The van der Waals surface area contributed by atoms with Crippen LogP contribution in [0.4, 0.5) is 0 Å². The van der Waals surface area contributed by atoms with Crippen LogP contribution in [-0.4, -0.2) is 27.6 Å². The third kappa shape index (κ3) is 4.90. The van der Waals surface area contributed by atoms with E-state index in [1.807, 2.05) is 12.1 Å². The predicted molar refractivity (Wildman–Crippen MR) is 90.4 cm³/mol. The normalized spacial score (nSPS) is 13.0. The highest BCUT2D eigenvalue weighted by Gasteiger charge is 2.35. The summed E-state index contributed by atoms with van der Waals surface area (Å²) in [6.07, 6.45) is 0. The highest BCUT2D eigenvalue weighted by molar-refractivity contribution is 6.68. The Morgan fingerprint density at radius 1 is 0.826 bits per heavy atom. The fraction of sp³-hybridized carbons (Fsp3) is 0.250. The van der Waals surface area contributed by atoms with Crippen LogP contribution < -0.4 is 9.47 Å². The van der Waals surface area contributed by atoms with Crippen molar-refractivity contribution in [1.29, 1.82) is 0 Å². The first-order valence-electron chi connectivity index (χ1n) is 6.64. The van der Waals surface area contributed by atoms with Crippen molar-refractivity contribution in [3.8, 4) is 11.5 Å². The third-order valence-corrected chi connectivity index (χ3v) is 3.89. The van der Waals surface area contributed by atoms with Gasteiger partial charge in [0.15, 0.2) is 0 Å². The van der Waals surface area contributed by atoms with E-state index in [1.165, 1.54) is 0 Å². The molecule has 0 saturated carbocycles. The van der Waals surface area contributed by atoms with Gasteiger partial charge in [-0.1, -0.05) is 59.1 Å². The van der Waals surface area contributed by atoms with E-state index in [4.69, 9.17) is 54.5 Å². The third-order valence-electron chi connectivity index (χ3n) is 3.23. The number of aliphatic hydroxyl groups excluding tert-OH is 1. The number of alkyl halides is 3. The lowest BCUT2D eigenvalue weighted by atomic mass is 9.92. The molecule has 2 rings (SSSR count). The van der Waals surface area contributed by atoms with Crippen molar-refractivity contribution >= 4 is 34.8 Å². The van der Waals surface area contributed by atoms with Crippen molar-refractivity contribution < 1.29 is 19.7 Å². The van der Waals surface area contributed by atoms with Gasteiger partial charge in [-0.05, 0) is 35.4 Å². The van der Waals surface area contributed by atoms with Crippen LogP contribution in [0.1, 0.15) is 17.0 Å². The van der Waals surface area contributed by atoms with Gasteiger partial charge in [0, 0.05) is 0 Å². The van der Waals surface area contributed by atoms with E-state index in [9.17, 15) is 0 Å². The topological polar surface area (TPSA) is 58.9 Å². The summed E-state index contributed by atoms with van der Waals surface area (Å²) in [6.45, 7) is -1.88. The van der Waals surface area contributed by atoms with Crippen molar-refractivity contribution in [2.24, 2.45) is 0 Å². The summed E-state index contributed by atoms with van der Waals surface area (Å²) in [7, 11) is 1.58. The Morgan fingerprint density at radius 2 is 1.26 bits per heavy atom. The Bertz CT molecular complexity index is 621. The number of rotatable bonds is 5. The summed E-state index contributed by atoms with van der Waals surface area (Å²) >= 11 is 18.5. The molecule has 2 aromatic rings. The van der Waals surface area contributed by atoms with Crippen LogP contribution in [0.3, 0.4) is 0 Å². The molecule has 0 aromatic heterocycles. The largest absolute Gasteiger partial charge is 0.497 e. The van der Waals surface area contributed by atoms with Crippen LogP contribution in [0.25, 0.3) is 0 Å². The van der Waals surface area contributed by atoms with Gasteiger partial charge in [0.05, 0.1) is 13.0 Å². The van der Waals surface area contributed by atoms with Gasteiger partial charge in [0.2, 0.25) is 3.79 Å². The van der Waals surface area contributed by atoms with Gasteiger partial charge in [0.25, 0.3) is 0 Å². The fourth-order valence-corrected chi connectivity index (χ4v) is 2.98. The summed E-state index contributed by atoms with van der Waals surface area (Å²) in [4.78, 5) is 0. The number of ether oxygens (including phenoxy) is 2. The lowest BCUT2D eigenvalue weighted by molar-refractivity contribution is -0.179. The maximum absolute atomic E-state index is 8.80. The minimum Gasteiger partial charge on any atom is -0.497 e. The Balaban J connectivity index is 2.35. The Morgan fingerprint density at radius 3 is 1.61 bits per heavy atom. The van der Waals surface area contributed by atoms with Gasteiger partial charge in [0.1, 0.15) is 11.5 Å². The highest BCUT2D eigenvalue weighted by Crippen LogP contribution is 2.46. The van der Waals surface area contributed by atoms with Gasteiger partial charge in [-0.3, -0.25) is 0 Å². The van der Waals surface area contributed by atoms with Crippen molar-refractivity contribution in [3.63, 3.8) is 0 Å². The Hall–Kier alpha value is -1.17. The molecule has 0 bridgehead atoms. The van der Waals surface area contributed by atoms with E-state index in [-0.39, 0.29) is 0 Å². The average Bonchev–Trinajstić information content (AvgIpc) is 2.48. The van der Waals surface area contributed by atoms with Gasteiger partial charge in [-0.2, -0.15) is 0 Å². The maximum atomic E-state index is 8.80. The lowest BCUT2D eigenvalue weighted by Gasteiger charge is -2.25. The van der Waals surface area contributed by atoms with Crippen LogP contribution in [0, 0.1) is 0 Å². The van der Waals surface area contributed by atoms with Crippen molar-refractivity contribution in [3.05, 3.63) is 59.7 Å². The molecule has 0 saturated heterocycles. The van der Waals surface area contributed by atoms with Gasteiger partial charge >= 0.3 is 6.48 Å². The van der Waals surface area contributed by atoms with E-state index >= 15 is 0 Å². The zero-order valence-electron chi connectivity index (χ0n) is 12.1. The van der Waals surface area contributed by atoms with Crippen LogP contribution in [0.5, 0.6) is 11.5 Å². The standard InChI is InChI=1S/C16H15Cl3O4/c1-22-12-6-2-10(3-7-12)14(16(17,18)19)11-4-8-13(9-5-11)23-15(20)21/h2-9,14-15,20-21H,1H3. The molecule has 0 heterocycles. The van der Waals surface area contributed by atoms with E-state index < -0.39 is 16.2 Å². The summed E-state index contributed by atoms with van der Waals surface area (Å²) in [5.41, 5.74) is 1.55. The second kappa shape index (κ2) is 7.60. The number of methoxy groups -OCH3 is 1. The molecule has 0 aliphatic heterocycles. The second-order valence-corrected chi connectivity index (χ2v) is 7.13. The summed E-state index contributed by atoms with van der Waals surface area (Å²) in [5, 5.41) is 17.6. The highest BCUT2D eigenvalue weighted by atomic mass is 35.6. The van der Waals surface area contributed by atoms with Crippen LogP contribution in [-0.2, 0) is 0 Å². The zero-order valence-corrected chi connectivity index (χ0v) is 14.4. The summed E-state index contributed by atoms with van der Waals surface area (Å²) < 4.78 is 8.33. The van der Waals surface area contributed by atoms with Gasteiger partial charge < -0.3 is 19.7 Å². The summed E-state index contributed by atoms with van der Waals surface area (Å²) in [5.74, 6) is 0.491. The molecule has 124 valence electrons. The van der Waals surface area contributed by atoms with Crippen LogP contribution >= 0.6 is 34.8 Å². The molecule has 2 aromatic carbocycles. The molecule has 7 heteroatoms. The summed E-state index contributed by atoms with van der Waals surface area (Å²) in [6, 6.07) is 13.8. The first-order valence-corrected chi connectivity index (χ1v) is 7.78. The maximum Gasteiger partial charge on any atom is 0.310 e. The first kappa shape index (κ1) is 18.2. The number of aliphatic hydroxyl groups is 2. The van der Waals surface area contributed by atoms with Crippen molar-refractivity contribution in [2.75, 3.05) is 7.11 Å². The number of hydrogen-bond acceptors (Lipinski definition) is 4. The Kier molecular flexibility index (Phi) is 6.00. The molecule has 0 amide bonds. The minimum absolute atomic E-state index is 0.293. The van der Waals surface area contributed by atoms with Crippen molar-refractivity contribution in [1.82, 2.24) is 0 Å². The fourth-order valence-electron chi connectivity index (χ4n) is 2.23.